The van der Waals surface area contributed by atoms with Crippen LogP contribution in [0, 0.1) is 6.54 Å². The number of rotatable bonds is 11. The summed E-state index contributed by atoms with van der Waals surface area (Å²) in [4.78, 5) is 12.7. The van der Waals surface area contributed by atoms with E-state index in [4.69, 9.17) is 4.74 Å². The van der Waals surface area contributed by atoms with Gasteiger partial charge in [-0.3, -0.25) is 4.90 Å². The van der Waals surface area contributed by atoms with E-state index >= 15 is 0 Å². The lowest BCUT2D eigenvalue weighted by atomic mass is 10.1. The Bertz CT molecular complexity index is 215. The van der Waals surface area contributed by atoms with Crippen LogP contribution in [0.3, 0.4) is 0 Å². The van der Waals surface area contributed by atoms with Crippen LogP contribution in [0.15, 0.2) is 0 Å². The van der Waals surface area contributed by atoms with Gasteiger partial charge in [0.1, 0.15) is 0 Å². The number of carbonyl (C=O) groups excluding carboxylic acids is 1. The molecule has 0 aliphatic carbocycles. The third-order valence-corrected chi connectivity index (χ3v) is 3.32. The van der Waals surface area contributed by atoms with Crippen LogP contribution < -0.4 is 0 Å². The number of hydrogen-bond donors (Lipinski definition) is 0. The van der Waals surface area contributed by atoms with E-state index in [1.807, 2.05) is 6.54 Å². The van der Waals surface area contributed by atoms with Crippen LogP contribution in [0.1, 0.15) is 71.1 Å². The molecule has 0 bridgehead atoms. The zero-order valence-electron chi connectivity index (χ0n) is 11.8. The van der Waals surface area contributed by atoms with E-state index in [2.05, 4.69) is 6.92 Å². The van der Waals surface area contributed by atoms with E-state index in [0.717, 1.165) is 13.0 Å². The van der Waals surface area contributed by atoms with Gasteiger partial charge in [0.05, 0.1) is 13.2 Å². The lowest BCUT2D eigenvalue weighted by molar-refractivity contribution is 0.130. The minimum atomic E-state index is -0.175. The number of carbonyl (C=O) groups is 1. The van der Waals surface area contributed by atoms with E-state index in [1.165, 1.54) is 57.8 Å². The Labute approximate surface area is 112 Å². The van der Waals surface area contributed by atoms with Crippen LogP contribution in [-0.4, -0.2) is 24.1 Å². The normalized spacial score (nSPS) is 13.7. The van der Waals surface area contributed by atoms with E-state index in [9.17, 15) is 4.79 Å². The lowest BCUT2D eigenvalue weighted by Gasteiger charge is -2.05. The zero-order chi connectivity index (χ0) is 13.1. The van der Waals surface area contributed by atoms with Gasteiger partial charge in [-0.15, -0.1) is 0 Å². The molecule has 0 N–H and O–H groups in total. The summed E-state index contributed by atoms with van der Waals surface area (Å²) in [5, 5.41) is 0. The van der Waals surface area contributed by atoms with Crippen molar-refractivity contribution in [2.75, 3.05) is 13.2 Å². The highest BCUT2D eigenvalue weighted by atomic mass is 16.6. The minimum Gasteiger partial charge on any atom is -0.449 e. The molecule has 3 heteroatoms. The highest BCUT2D eigenvalue weighted by molar-refractivity contribution is 5.71. The van der Waals surface area contributed by atoms with Crippen LogP contribution in [0.25, 0.3) is 0 Å². The van der Waals surface area contributed by atoms with Crippen molar-refractivity contribution in [1.29, 1.82) is 0 Å². The van der Waals surface area contributed by atoms with Crippen LogP contribution in [-0.2, 0) is 4.74 Å². The van der Waals surface area contributed by atoms with Crippen molar-refractivity contribution in [2.45, 2.75) is 71.1 Å². The molecule has 0 atom stereocenters. The average Bonchev–Trinajstić information content (AvgIpc) is 3.20. The molecule has 1 heterocycles. The average molecular weight is 254 g/mol. The zero-order valence-corrected chi connectivity index (χ0v) is 11.8. The van der Waals surface area contributed by atoms with Gasteiger partial charge in [-0.1, -0.05) is 64.7 Å². The van der Waals surface area contributed by atoms with E-state index in [1.54, 1.807) is 4.90 Å². The quantitative estimate of drug-likeness (QED) is 0.400. The molecule has 0 spiro atoms. The maximum Gasteiger partial charge on any atom is 0.410 e. The first kappa shape index (κ1) is 15.3. The lowest BCUT2D eigenvalue weighted by Crippen LogP contribution is -2.12. The van der Waals surface area contributed by atoms with Crippen molar-refractivity contribution in [3.8, 4) is 0 Å². The van der Waals surface area contributed by atoms with Crippen LogP contribution in [0.4, 0.5) is 4.79 Å². The highest BCUT2D eigenvalue weighted by Gasteiger charge is 2.25. The second-order valence-corrected chi connectivity index (χ2v) is 5.13. The van der Waals surface area contributed by atoms with Crippen molar-refractivity contribution in [2.24, 2.45) is 0 Å². The molecule has 1 saturated heterocycles. The van der Waals surface area contributed by atoms with Gasteiger partial charge in [0.15, 0.2) is 0 Å². The Morgan fingerprint density at radius 2 is 1.50 bits per heavy atom. The second-order valence-electron chi connectivity index (χ2n) is 5.13. The second kappa shape index (κ2) is 10.2. The van der Waals surface area contributed by atoms with Gasteiger partial charge >= 0.3 is 6.09 Å². The van der Waals surface area contributed by atoms with E-state index < -0.39 is 0 Å². The first-order chi connectivity index (χ1) is 8.84. The Morgan fingerprint density at radius 1 is 1.00 bits per heavy atom. The van der Waals surface area contributed by atoms with Gasteiger partial charge in [-0.05, 0) is 6.42 Å². The van der Waals surface area contributed by atoms with Crippen LogP contribution >= 0.6 is 0 Å². The number of ether oxygens (including phenoxy) is 1. The Morgan fingerprint density at radius 3 is 2.00 bits per heavy atom. The molecule has 1 fully saturated rings. The maximum atomic E-state index is 11.1. The van der Waals surface area contributed by atoms with Crippen LogP contribution in [0.2, 0.25) is 0 Å². The van der Waals surface area contributed by atoms with Gasteiger partial charge in [0, 0.05) is 6.54 Å². The SMILES string of the molecule is CCCCCCCCCCCCOC(=O)N1[CH]C1. The fourth-order valence-corrected chi connectivity index (χ4v) is 2.02. The molecule has 105 valence electrons. The van der Waals surface area contributed by atoms with Crippen molar-refractivity contribution in [3.63, 3.8) is 0 Å². The molecular formula is C15H28NO2. The van der Waals surface area contributed by atoms with Crippen molar-refractivity contribution >= 4 is 6.09 Å². The van der Waals surface area contributed by atoms with Gasteiger partial charge in [-0.2, -0.15) is 0 Å². The summed E-state index contributed by atoms with van der Waals surface area (Å²) in [6.07, 6.45) is 12.9. The summed E-state index contributed by atoms with van der Waals surface area (Å²) in [7, 11) is 0. The summed E-state index contributed by atoms with van der Waals surface area (Å²) in [6.45, 7) is 5.43. The van der Waals surface area contributed by atoms with Gasteiger partial charge < -0.3 is 4.74 Å². The van der Waals surface area contributed by atoms with Gasteiger partial charge in [-0.25, -0.2) is 4.79 Å². The molecule has 1 aliphatic heterocycles. The minimum absolute atomic E-state index is 0.175. The first-order valence-corrected chi connectivity index (χ1v) is 7.61. The third-order valence-electron chi connectivity index (χ3n) is 3.32. The maximum absolute atomic E-state index is 11.1. The Kier molecular flexibility index (Phi) is 8.70. The summed E-state index contributed by atoms with van der Waals surface area (Å²) in [6, 6.07) is 0. The number of amides is 1. The first-order valence-electron chi connectivity index (χ1n) is 7.61. The highest BCUT2D eigenvalue weighted by Crippen LogP contribution is 2.13. The van der Waals surface area contributed by atoms with Crippen molar-refractivity contribution in [3.05, 3.63) is 6.54 Å². The Hall–Kier alpha value is -0.730. The summed E-state index contributed by atoms with van der Waals surface area (Å²) >= 11 is 0. The van der Waals surface area contributed by atoms with Gasteiger partial charge in [0.25, 0.3) is 0 Å². The molecule has 0 aromatic carbocycles. The standard InChI is InChI=1S/C15H28NO2/c1-2-3-4-5-6-7-8-9-10-11-14-18-15(17)16-12-13-16/h12H,2-11,13-14H2,1H3. The number of hydrogen-bond acceptors (Lipinski definition) is 2. The largest absolute Gasteiger partial charge is 0.449 e. The topological polar surface area (TPSA) is 29.3 Å². The fourth-order valence-electron chi connectivity index (χ4n) is 2.02. The smallest absolute Gasteiger partial charge is 0.410 e. The summed E-state index contributed by atoms with van der Waals surface area (Å²) in [5.74, 6) is 0. The number of nitrogens with zero attached hydrogens (tertiary/aromatic N) is 1. The Balaban J connectivity index is 1.69. The molecule has 18 heavy (non-hydrogen) atoms. The van der Waals surface area contributed by atoms with E-state index in [-0.39, 0.29) is 6.09 Å². The predicted octanol–water partition coefficient (Wildman–Crippen LogP) is 4.52. The van der Waals surface area contributed by atoms with Crippen molar-refractivity contribution in [1.82, 2.24) is 4.90 Å². The summed E-state index contributed by atoms with van der Waals surface area (Å²) in [5.41, 5.74) is 0. The number of unbranched alkanes of at least 4 members (excludes halogenated alkanes) is 9. The van der Waals surface area contributed by atoms with Crippen molar-refractivity contribution < 1.29 is 9.53 Å². The van der Waals surface area contributed by atoms with E-state index in [0.29, 0.717) is 6.61 Å². The fraction of sp³-hybridized carbons (Fsp3) is 0.867. The molecule has 0 aromatic heterocycles. The predicted molar refractivity (Wildman–Crippen MR) is 74.2 cm³/mol. The monoisotopic (exact) mass is 254 g/mol. The molecule has 0 saturated carbocycles. The molecule has 0 aromatic rings. The molecular weight excluding hydrogens is 226 g/mol. The molecule has 3 nitrogen and oxygen atoms in total. The third kappa shape index (κ3) is 8.37. The molecule has 1 amide bonds. The molecule has 1 radical (unpaired) electrons. The van der Waals surface area contributed by atoms with Crippen LogP contribution in [0.5, 0.6) is 0 Å². The molecule has 1 rings (SSSR count). The molecule has 0 unspecified atom stereocenters. The summed E-state index contributed by atoms with van der Waals surface area (Å²) < 4.78 is 5.09. The van der Waals surface area contributed by atoms with Gasteiger partial charge in [0.2, 0.25) is 0 Å². The molecule has 1 aliphatic rings.